The van der Waals surface area contributed by atoms with Gasteiger partial charge in [0.25, 0.3) is 0 Å². The Hall–Kier alpha value is -2.34. The topological polar surface area (TPSA) is 50.1 Å². The van der Waals surface area contributed by atoms with Crippen LogP contribution in [0.5, 0.6) is 5.75 Å². The average Bonchev–Trinajstić information content (AvgIpc) is 2.45. The minimum atomic E-state index is -1.000. The molecule has 0 spiro atoms. The maximum Gasteiger partial charge on any atom is 0.182 e. The maximum atomic E-state index is 12.2. The third-order valence-electron chi connectivity index (χ3n) is 3.16. The Morgan fingerprint density at radius 2 is 1.79 bits per heavy atom. The lowest BCUT2D eigenvalue weighted by atomic mass is 9.85. The SMILES string of the molecule is COc1ccc2cc(C(=O)C(C)(C)C#N)ccc2c1. The highest BCUT2D eigenvalue weighted by atomic mass is 16.5. The van der Waals surface area contributed by atoms with Gasteiger partial charge in [0.1, 0.15) is 11.2 Å². The van der Waals surface area contributed by atoms with E-state index in [2.05, 4.69) is 0 Å². The van der Waals surface area contributed by atoms with Gasteiger partial charge in [-0.3, -0.25) is 4.79 Å². The molecule has 0 N–H and O–H groups in total. The van der Waals surface area contributed by atoms with Crippen molar-refractivity contribution < 1.29 is 9.53 Å². The Morgan fingerprint density at radius 1 is 1.16 bits per heavy atom. The predicted molar refractivity (Wildman–Crippen MR) is 74.2 cm³/mol. The molecule has 3 nitrogen and oxygen atoms in total. The second-order valence-corrected chi connectivity index (χ2v) is 4.99. The first kappa shape index (κ1) is 13.1. The van der Waals surface area contributed by atoms with Crippen molar-refractivity contribution in [3.05, 3.63) is 42.0 Å². The quantitative estimate of drug-likeness (QED) is 0.785. The number of hydrogen-bond donors (Lipinski definition) is 0. The van der Waals surface area contributed by atoms with Crippen LogP contribution < -0.4 is 4.74 Å². The van der Waals surface area contributed by atoms with E-state index in [9.17, 15) is 4.79 Å². The number of ether oxygens (including phenoxy) is 1. The van der Waals surface area contributed by atoms with Crippen LogP contribution in [-0.2, 0) is 0 Å². The molecule has 19 heavy (non-hydrogen) atoms. The second-order valence-electron chi connectivity index (χ2n) is 4.99. The number of carbonyl (C=O) groups excluding carboxylic acids is 1. The van der Waals surface area contributed by atoms with Crippen molar-refractivity contribution in [2.45, 2.75) is 13.8 Å². The van der Waals surface area contributed by atoms with Crippen LogP contribution in [0.2, 0.25) is 0 Å². The lowest BCUT2D eigenvalue weighted by Gasteiger charge is -2.14. The summed E-state index contributed by atoms with van der Waals surface area (Å²) in [6.07, 6.45) is 0. The normalized spacial score (nSPS) is 11.1. The van der Waals surface area contributed by atoms with E-state index in [1.54, 1.807) is 27.0 Å². The zero-order valence-electron chi connectivity index (χ0n) is 11.2. The Kier molecular flexibility index (Phi) is 3.26. The van der Waals surface area contributed by atoms with Crippen LogP contribution in [0, 0.1) is 16.7 Å². The molecule has 96 valence electrons. The molecule has 2 aromatic rings. The lowest BCUT2D eigenvalue weighted by molar-refractivity contribution is 0.0892. The van der Waals surface area contributed by atoms with Crippen LogP contribution in [0.3, 0.4) is 0 Å². The van der Waals surface area contributed by atoms with E-state index in [-0.39, 0.29) is 5.78 Å². The number of Topliss-reactive ketones (excluding diaryl/α,β-unsaturated/α-hetero) is 1. The summed E-state index contributed by atoms with van der Waals surface area (Å²) in [7, 11) is 1.62. The standard InChI is InChI=1S/C16H15NO2/c1-16(2,10-17)15(18)13-5-4-12-9-14(19-3)7-6-11(12)8-13/h4-9H,1-3H3. The van der Waals surface area contributed by atoms with Crippen molar-refractivity contribution in [2.75, 3.05) is 7.11 Å². The molecule has 0 aliphatic carbocycles. The zero-order chi connectivity index (χ0) is 14.0. The summed E-state index contributed by atoms with van der Waals surface area (Å²) < 4.78 is 5.16. The highest BCUT2D eigenvalue weighted by molar-refractivity contribution is 6.04. The van der Waals surface area contributed by atoms with E-state index in [1.165, 1.54) is 0 Å². The van der Waals surface area contributed by atoms with Gasteiger partial charge in [-0.2, -0.15) is 5.26 Å². The molecule has 0 fully saturated rings. The van der Waals surface area contributed by atoms with Crippen LogP contribution >= 0.6 is 0 Å². The fraction of sp³-hybridized carbons (Fsp3) is 0.250. The van der Waals surface area contributed by atoms with Gasteiger partial charge >= 0.3 is 0 Å². The number of hydrogen-bond acceptors (Lipinski definition) is 3. The molecule has 0 aromatic heterocycles. The number of methoxy groups -OCH3 is 1. The Balaban J connectivity index is 2.49. The van der Waals surface area contributed by atoms with E-state index >= 15 is 0 Å². The summed E-state index contributed by atoms with van der Waals surface area (Å²) in [6.45, 7) is 3.26. The number of benzene rings is 2. The fourth-order valence-electron chi connectivity index (χ4n) is 1.90. The summed E-state index contributed by atoms with van der Waals surface area (Å²) in [5, 5.41) is 11.0. The Bertz CT molecular complexity index is 681. The summed E-state index contributed by atoms with van der Waals surface area (Å²) >= 11 is 0. The third-order valence-corrected chi connectivity index (χ3v) is 3.16. The number of fused-ring (bicyclic) bond motifs is 1. The minimum Gasteiger partial charge on any atom is -0.497 e. The number of ketones is 1. The van der Waals surface area contributed by atoms with Crippen LogP contribution in [0.15, 0.2) is 36.4 Å². The molecule has 0 unspecified atom stereocenters. The number of rotatable bonds is 3. The third kappa shape index (κ3) is 2.43. The van der Waals surface area contributed by atoms with Gasteiger partial charge in [0.05, 0.1) is 13.2 Å². The largest absolute Gasteiger partial charge is 0.497 e. The minimum absolute atomic E-state index is 0.160. The number of nitrogens with zero attached hydrogens (tertiary/aromatic N) is 1. The number of carbonyl (C=O) groups is 1. The molecule has 0 amide bonds. The van der Waals surface area contributed by atoms with Crippen molar-refractivity contribution in [3.8, 4) is 11.8 Å². The van der Waals surface area contributed by atoms with E-state index < -0.39 is 5.41 Å². The first-order valence-electron chi connectivity index (χ1n) is 6.02. The van der Waals surface area contributed by atoms with Gasteiger partial charge in [-0.15, -0.1) is 0 Å². The number of nitriles is 1. The molecule has 3 heteroatoms. The van der Waals surface area contributed by atoms with E-state index in [1.807, 2.05) is 36.4 Å². The fourth-order valence-corrected chi connectivity index (χ4v) is 1.90. The molecular formula is C16H15NO2. The smallest absolute Gasteiger partial charge is 0.182 e. The molecular weight excluding hydrogens is 238 g/mol. The van der Waals surface area contributed by atoms with Crippen molar-refractivity contribution in [2.24, 2.45) is 5.41 Å². The van der Waals surface area contributed by atoms with Crippen molar-refractivity contribution >= 4 is 16.6 Å². The summed E-state index contributed by atoms with van der Waals surface area (Å²) in [5.74, 6) is 0.622. The average molecular weight is 253 g/mol. The monoisotopic (exact) mass is 253 g/mol. The Labute approximate surface area is 112 Å². The maximum absolute atomic E-state index is 12.2. The van der Waals surface area contributed by atoms with Gasteiger partial charge in [-0.1, -0.05) is 18.2 Å². The lowest BCUT2D eigenvalue weighted by Crippen LogP contribution is -2.22. The molecule has 0 saturated heterocycles. The van der Waals surface area contributed by atoms with Crippen LogP contribution in [-0.4, -0.2) is 12.9 Å². The first-order chi connectivity index (χ1) is 8.97. The van der Waals surface area contributed by atoms with E-state index in [4.69, 9.17) is 10.00 Å². The summed E-state index contributed by atoms with van der Waals surface area (Å²) in [4.78, 5) is 12.2. The predicted octanol–water partition coefficient (Wildman–Crippen LogP) is 3.58. The van der Waals surface area contributed by atoms with Crippen molar-refractivity contribution in [1.82, 2.24) is 0 Å². The zero-order valence-corrected chi connectivity index (χ0v) is 11.2. The molecule has 0 saturated carbocycles. The van der Waals surface area contributed by atoms with Gasteiger partial charge < -0.3 is 4.74 Å². The van der Waals surface area contributed by atoms with Crippen molar-refractivity contribution in [1.29, 1.82) is 5.26 Å². The summed E-state index contributed by atoms with van der Waals surface area (Å²) in [6, 6.07) is 13.2. The molecule has 0 heterocycles. The molecule has 0 atom stereocenters. The molecule has 0 bridgehead atoms. The first-order valence-corrected chi connectivity index (χ1v) is 6.02. The van der Waals surface area contributed by atoms with Gasteiger partial charge in [-0.25, -0.2) is 0 Å². The van der Waals surface area contributed by atoms with Crippen LogP contribution in [0.25, 0.3) is 10.8 Å². The molecule has 0 radical (unpaired) electrons. The summed E-state index contributed by atoms with van der Waals surface area (Å²) in [5.41, 5.74) is -0.440. The molecule has 2 aromatic carbocycles. The van der Waals surface area contributed by atoms with Gasteiger partial charge in [-0.05, 0) is 42.8 Å². The van der Waals surface area contributed by atoms with Gasteiger partial charge in [0.15, 0.2) is 5.78 Å². The van der Waals surface area contributed by atoms with E-state index in [0.717, 1.165) is 16.5 Å². The van der Waals surface area contributed by atoms with Crippen LogP contribution in [0.1, 0.15) is 24.2 Å². The molecule has 0 aliphatic rings. The molecule has 0 aliphatic heterocycles. The Morgan fingerprint density at radius 3 is 2.42 bits per heavy atom. The highest BCUT2D eigenvalue weighted by Gasteiger charge is 2.28. The van der Waals surface area contributed by atoms with E-state index in [0.29, 0.717) is 5.56 Å². The van der Waals surface area contributed by atoms with Crippen LogP contribution in [0.4, 0.5) is 0 Å². The second kappa shape index (κ2) is 4.74. The highest BCUT2D eigenvalue weighted by Crippen LogP contribution is 2.26. The van der Waals surface area contributed by atoms with Gasteiger partial charge in [0.2, 0.25) is 0 Å². The van der Waals surface area contributed by atoms with Gasteiger partial charge in [0, 0.05) is 5.56 Å². The molecule has 2 rings (SSSR count). The van der Waals surface area contributed by atoms with Crippen molar-refractivity contribution in [3.63, 3.8) is 0 Å².